The molecule has 3 rings (SSSR count). The van der Waals surface area contributed by atoms with E-state index in [4.69, 9.17) is 11.6 Å². The molecule has 90 valence electrons. The lowest BCUT2D eigenvalue weighted by Crippen LogP contribution is -2.38. The molecule has 0 bridgehead atoms. The smallest absolute Gasteiger partial charge is 0.320 e. The molecule has 4 heteroatoms. The highest BCUT2D eigenvalue weighted by Crippen LogP contribution is 2.33. The van der Waals surface area contributed by atoms with E-state index in [9.17, 15) is 4.79 Å². The summed E-state index contributed by atoms with van der Waals surface area (Å²) in [6, 6.07) is 14.9. The maximum atomic E-state index is 11.6. The van der Waals surface area contributed by atoms with Crippen molar-refractivity contribution in [2.45, 2.75) is 6.04 Å². The molecule has 2 aromatic carbocycles. The molecule has 0 saturated heterocycles. The minimum absolute atomic E-state index is 0.159. The van der Waals surface area contributed by atoms with Gasteiger partial charge in [-0.1, -0.05) is 41.9 Å². The summed E-state index contributed by atoms with van der Waals surface area (Å²) in [5.74, 6) is 0. The first kappa shape index (κ1) is 11.1. The molecule has 0 aliphatic carbocycles. The maximum absolute atomic E-state index is 11.6. The number of amides is 2. The molecule has 2 aromatic rings. The van der Waals surface area contributed by atoms with Crippen LogP contribution in [-0.4, -0.2) is 6.03 Å². The fourth-order valence-electron chi connectivity index (χ4n) is 2.16. The summed E-state index contributed by atoms with van der Waals surface area (Å²) < 4.78 is 0. The molecule has 1 heterocycles. The number of rotatable bonds is 1. The standard InChI is InChI=1S/C14H11ClN2O/c15-10-6-7-12-11(8-10)13(17-14(18)16-12)9-4-2-1-3-5-9/h1-8,13H,(H2,16,17,18)/t13-/m0/s1. The lowest BCUT2D eigenvalue weighted by atomic mass is 9.96. The zero-order valence-corrected chi connectivity index (χ0v) is 10.2. The van der Waals surface area contributed by atoms with Crippen LogP contribution in [0.25, 0.3) is 0 Å². The first-order chi connectivity index (χ1) is 8.74. The fourth-order valence-corrected chi connectivity index (χ4v) is 2.34. The monoisotopic (exact) mass is 258 g/mol. The average molecular weight is 259 g/mol. The summed E-state index contributed by atoms with van der Waals surface area (Å²) in [5, 5.41) is 6.35. The third kappa shape index (κ3) is 1.93. The number of nitrogens with one attached hydrogen (secondary N) is 2. The van der Waals surface area contributed by atoms with Gasteiger partial charge in [0.15, 0.2) is 0 Å². The van der Waals surface area contributed by atoms with Crippen molar-refractivity contribution in [1.29, 1.82) is 0 Å². The topological polar surface area (TPSA) is 41.1 Å². The van der Waals surface area contributed by atoms with Gasteiger partial charge in [0, 0.05) is 16.3 Å². The van der Waals surface area contributed by atoms with Crippen molar-refractivity contribution in [3.05, 3.63) is 64.7 Å². The molecule has 0 aromatic heterocycles. The molecular weight excluding hydrogens is 248 g/mol. The highest BCUT2D eigenvalue weighted by atomic mass is 35.5. The van der Waals surface area contributed by atoms with E-state index in [2.05, 4.69) is 10.6 Å². The molecule has 0 unspecified atom stereocenters. The van der Waals surface area contributed by atoms with Gasteiger partial charge >= 0.3 is 6.03 Å². The Morgan fingerprint density at radius 1 is 1.06 bits per heavy atom. The van der Waals surface area contributed by atoms with Gasteiger partial charge in [-0.3, -0.25) is 0 Å². The van der Waals surface area contributed by atoms with Gasteiger partial charge in [0.25, 0.3) is 0 Å². The van der Waals surface area contributed by atoms with E-state index < -0.39 is 0 Å². The van der Waals surface area contributed by atoms with Gasteiger partial charge in [0.2, 0.25) is 0 Å². The third-order valence-electron chi connectivity index (χ3n) is 2.98. The number of carbonyl (C=O) groups excluding carboxylic acids is 1. The van der Waals surface area contributed by atoms with Crippen molar-refractivity contribution in [3.63, 3.8) is 0 Å². The number of urea groups is 1. The molecule has 1 atom stereocenters. The molecule has 0 radical (unpaired) electrons. The van der Waals surface area contributed by atoms with Crippen molar-refractivity contribution >= 4 is 23.3 Å². The van der Waals surface area contributed by atoms with Gasteiger partial charge in [-0.2, -0.15) is 0 Å². The summed E-state index contributed by atoms with van der Waals surface area (Å²) >= 11 is 6.03. The van der Waals surface area contributed by atoms with E-state index in [0.29, 0.717) is 5.02 Å². The second kappa shape index (κ2) is 4.35. The summed E-state index contributed by atoms with van der Waals surface area (Å²) in [5.41, 5.74) is 2.82. The first-order valence-electron chi connectivity index (χ1n) is 5.66. The number of hydrogen-bond donors (Lipinski definition) is 2. The van der Waals surface area contributed by atoms with E-state index in [0.717, 1.165) is 16.8 Å². The van der Waals surface area contributed by atoms with Crippen LogP contribution in [-0.2, 0) is 0 Å². The third-order valence-corrected chi connectivity index (χ3v) is 3.22. The Kier molecular flexibility index (Phi) is 2.68. The van der Waals surface area contributed by atoms with E-state index >= 15 is 0 Å². The second-order valence-electron chi connectivity index (χ2n) is 4.17. The summed E-state index contributed by atoms with van der Waals surface area (Å²) in [4.78, 5) is 11.6. The Morgan fingerprint density at radius 3 is 2.61 bits per heavy atom. The highest BCUT2D eigenvalue weighted by molar-refractivity contribution is 6.30. The molecule has 1 aliphatic rings. The molecule has 18 heavy (non-hydrogen) atoms. The van der Waals surface area contributed by atoms with Crippen LogP contribution in [0.2, 0.25) is 5.02 Å². The quantitative estimate of drug-likeness (QED) is 0.807. The number of anilines is 1. The van der Waals surface area contributed by atoms with Crippen molar-refractivity contribution in [2.75, 3.05) is 5.32 Å². The zero-order valence-electron chi connectivity index (χ0n) is 9.48. The molecule has 2 N–H and O–H groups in total. The highest BCUT2D eigenvalue weighted by Gasteiger charge is 2.25. The van der Waals surface area contributed by atoms with E-state index in [1.807, 2.05) is 42.5 Å². The number of fused-ring (bicyclic) bond motifs is 1. The Morgan fingerprint density at radius 2 is 1.83 bits per heavy atom. The van der Waals surface area contributed by atoms with Crippen LogP contribution >= 0.6 is 11.6 Å². The Hall–Kier alpha value is -2.00. The molecule has 0 spiro atoms. The van der Waals surface area contributed by atoms with Gasteiger partial charge in [-0.25, -0.2) is 4.79 Å². The number of benzene rings is 2. The Balaban J connectivity index is 2.12. The maximum Gasteiger partial charge on any atom is 0.320 e. The normalized spacial score (nSPS) is 17.6. The largest absolute Gasteiger partial charge is 0.327 e. The van der Waals surface area contributed by atoms with Gasteiger partial charge < -0.3 is 10.6 Å². The summed E-state index contributed by atoms with van der Waals surface area (Å²) in [7, 11) is 0. The van der Waals surface area contributed by atoms with Crippen LogP contribution in [0.15, 0.2) is 48.5 Å². The van der Waals surface area contributed by atoms with E-state index in [-0.39, 0.29) is 12.1 Å². The van der Waals surface area contributed by atoms with Crippen LogP contribution in [0, 0.1) is 0 Å². The Bertz CT molecular complexity index is 598. The first-order valence-corrected chi connectivity index (χ1v) is 6.04. The molecule has 0 fully saturated rings. The van der Waals surface area contributed by atoms with Crippen molar-refractivity contribution in [3.8, 4) is 0 Å². The van der Waals surface area contributed by atoms with Crippen LogP contribution in [0.4, 0.5) is 10.5 Å². The number of halogens is 1. The predicted octanol–water partition coefficient (Wildman–Crippen LogP) is 3.56. The second-order valence-corrected chi connectivity index (χ2v) is 4.61. The fraction of sp³-hybridized carbons (Fsp3) is 0.0714. The van der Waals surface area contributed by atoms with Gasteiger partial charge in [0.1, 0.15) is 0 Å². The lowest BCUT2D eigenvalue weighted by molar-refractivity contribution is 0.249. The molecular formula is C14H11ClN2O. The van der Waals surface area contributed by atoms with Crippen LogP contribution in [0.3, 0.4) is 0 Å². The summed E-state index contributed by atoms with van der Waals surface area (Å²) in [6.07, 6.45) is 0. The van der Waals surface area contributed by atoms with Gasteiger partial charge in [0.05, 0.1) is 6.04 Å². The molecule has 3 nitrogen and oxygen atoms in total. The zero-order chi connectivity index (χ0) is 12.5. The lowest BCUT2D eigenvalue weighted by Gasteiger charge is -2.27. The molecule has 0 saturated carbocycles. The van der Waals surface area contributed by atoms with Crippen LogP contribution in [0.5, 0.6) is 0 Å². The molecule has 1 aliphatic heterocycles. The number of hydrogen-bond acceptors (Lipinski definition) is 1. The van der Waals surface area contributed by atoms with Crippen molar-refractivity contribution in [1.82, 2.24) is 5.32 Å². The average Bonchev–Trinajstić information content (AvgIpc) is 2.39. The minimum atomic E-state index is -0.196. The van der Waals surface area contributed by atoms with Crippen LogP contribution in [0.1, 0.15) is 17.2 Å². The van der Waals surface area contributed by atoms with Crippen LogP contribution < -0.4 is 10.6 Å². The van der Waals surface area contributed by atoms with Crippen molar-refractivity contribution in [2.24, 2.45) is 0 Å². The molecule has 2 amide bonds. The van der Waals surface area contributed by atoms with E-state index in [1.54, 1.807) is 6.07 Å². The SMILES string of the molecule is O=C1Nc2ccc(Cl)cc2[C@H](c2ccccc2)N1. The predicted molar refractivity (Wildman–Crippen MR) is 71.9 cm³/mol. The van der Waals surface area contributed by atoms with Gasteiger partial charge in [-0.05, 0) is 23.8 Å². The summed E-state index contributed by atoms with van der Waals surface area (Å²) in [6.45, 7) is 0. The van der Waals surface area contributed by atoms with E-state index in [1.165, 1.54) is 0 Å². The van der Waals surface area contributed by atoms with Crippen molar-refractivity contribution < 1.29 is 4.79 Å². The number of carbonyl (C=O) groups is 1. The van der Waals surface area contributed by atoms with Gasteiger partial charge in [-0.15, -0.1) is 0 Å². The Labute approximate surface area is 110 Å². The minimum Gasteiger partial charge on any atom is -0.327 e.